The molecule has 18 heavy (non-hydrogen) atoms. The summed E-state index contributed by atoms with van der Waals surface area (Å²) in [6.07, 6.45) is 0.879. The summed E-state index contributed by atoms with van der Waals surface area (Å²) in [5, 5.41) is -0.0228. The zero-order chi connectivity index (χ0) is 12.4. The Balaban J connectivity index is 0.00000162. The summed E-state index contributed by atoms with van der Waals surface area (Å²) < 4.78 is 13.7. The summed E-state index contributed by atoms with van der Waals surface area (Å²) in [7, 11) is 0. The van der Waals surface area contributed by atoms with Gasteiger partial charge in [-0.2, -0.15) is 0 Å². The molecule has 1 fully saturated rings. The molecule has 1 aromatic carbocycles. The van der Waals surface area contributed by atoms with Gasteiger partial charge < -0.3 is 10.6 Å². The van der Waals surface area contributed by atoms with E-state index < -0.39 is 5.82 Å². The lowest BCUT2D eigenvalue weighted by atomic mass is 10.1. The largest absolute Gasteiger partial charge is 0.338 e. The number of halogens is 3. The predicted molar refractivity (Wildman–Crippen MR) is 71.7 cm³/mol. The van der Waals surface area contributed by atoms with Crippen molar-refractivity contribution in [2.45, 2.75) is 6.42 Å². The topological polar surface area (TPSA) is 46.3 Å². The lowest BCUT2D eigenvalue weighted by Gasteiger charge is -2.16. The van der Waals surface area contributed by atoms with E-state index in [0.29, 0.717) is 25.6 Å². The van der Waals surface area contributed by atoms with E-state index in [-0.39, 0.29) is 28.9 Å². The van der Waals surface area contributed by atoms with Crippen LogP contribution in [-0.4, -0.2) is 30.4 Å². The molecule has 1 heterocycles. The highest BCUT2D eigenvalue weighted by atomic mass is 35.5. The Hall–Kier alpha value is -0.840. The summed E-state index contributed by atoms with van der Waals surface area (Å²) in [5.74, 6) is -0.627. The smallest absolute Gasteiger partial charge is 0.256 e. The van der Waals surface area contributed by atoms with Gasteiger partial charge in [0.05, 0.1) is 10.6 Å². The molecule has 3 nitrogen and oxygen atoms in total. The van der Waals surface area contributed by atoms with Crippen LogP contribution in [0.3, 0.4) is 0 Å². The maximum atomic E-state index is 13.7. The van der Waals surface area contributed by atoms with Crippen molar-refractivity contribution in [3.05, 3.63) is 34.6 Å². The fraction of sp³-hybridized carbons (Fsp3) is 0.417. The number of hydrogen-bond acceptors (Lipinski definition) is 2. The molecule has 6 heteroatoms. The van der Waals surface area contributed by atoms with Crippen LogP contribution in [0, 0.1) is 11.7 Å². The molecule has 0 saturated carbocycles. The fourth-order valence-electron chi connectivity index (χ4n) is 2.05. The molecule has 1 unspecified atom stereocenters. The quantitative estimate of drug-likeness (QED) is 0.909. The molecule has 1 aliphatic heterocycles. The third-order valence-corrected chi connectivity index (χ3v) is 3.38. The van der Waals surface area contributed by atoms with Crippen molar-refractivity contribution in [2.24, 2.45) is 11.7 Å². The molecule has 100 valence electrons. The maximum Gasteiger partial charge on any atom is 0.256 e. The number of carbonyl (C=O) groups excluding carboxylic acids is 1. The van der Waals surface area contributed by atoms with Crippen LogP contribution in [0.25, 0.3) is 0 Å². The number of likely N-dealkylation sites (tertiary alicyclic amines) is 1. The molecular formula is C12H15Cl2FN2O. The van der Waals surface area contributed by atoms with Crippen LogP contribution in [0.5, 0.6) is 0 Å². The van der Waals surface area contributed by atoms with E-state index in [0.717, 1.165) is 6.42 Å². The first-order valence-corrected chi connectivity index (χ1v) is 5.94. The standard InChI is InChI=1S/C12H14ClFN2O.ClH/c13-10-3-1-2-9(11(10)14)12(17)16-5-4-8(6-15)7-16;/h1-3,8H,4-7,15H2;1H. The fourth-order valence-corrected chi connectivity index (χ4v) is 2.22. The number of nitrogens with two attached hydrogens (primary N) is 1. The Labute approximate surface area is 116 Å². The average molecular weight is 293 g/mol. The number of amides is 1. The third-order valence-electron chi connectivity index (χ3n) is 3.09. The van der Waals surface area contributed by atoms with Gasteiger partial charge in [-0.05, 0) is 31.0 Å². The van der Waals surface area contributed by atoms with Crippen LogP contribution in [0.15, 0.2) is 18.2 Å². The highest BCUT2D eigenvalue weighted by Crippen LogP contribution is 2.22. The van der Waals surface area contributed by atoms with Crippen molar-refractivity contribution < 1.29 is 9.18 Å². The zero-order valence-electron chi connectivity index (χ0n) is 9.73. The summed E-state index contributed by atoms with van der Waals surface area (Å²) in [5.41, 5.74) is 5.59. The van der Waals surface area contributed by atoms with Crippen LogP contribution < -0.4 is 5.73 Å². The summed E-state index contributed by atoms with van der Waals surface area (Å²) in [4.78, 5) is 13.7. The van der Waals surface area contributed by atoms with Crippen molar-refractivity contribution in [1.82, 2.24) is 4.90 Å². The second kappa shape index (κ2) is 6.36. The van der Waals surface area contributed by atoms with Gasteiger partial charge in [0, 0.05) is 13.1 Å². The van der Waals surface area contributed by atoms with E-state index in [1.807, 2.05) is 0 Å². The normalized spacial score (nSPS) is 18.6. The van der Waals surface area contributed by atoms with E-state index in [1.165, 1.54) is 12.1 Å². The first-order valence-electron chi connectivity index (χ1n) is 5.57. The Morgan fingerprint density at radius 2 is 2.28 bits per heavy atom. The number of hydrogen-bond donors (Lipinski definition) is 1. The van der Waals surface area contributed by atoms with Crippen LogP contribution in [0.2, 0.25) is 5.02 Å². The lowest BCUT2D eigenvalue weighted by Crippen LogP contribution is -2.30. The molecule has 1 aromatic rings. The van der Waals surface area contributed by atoms with Crippen molar-refractivity contribution in [3.8, 4) is 0 Å². The van der Waals surface area contributed by atoms with E-state index in [1.54, 1.807) is 11.0 Å². The van der Waals surface area contributed by atoms with E-state index in [9.17, 15) is 9.18 Å². The summed E-state index contributed by atoms with van der Waals surface area (Å²) >= 11 is 5.65. The summed E-state index contributed by atoms with van der Waals surface area (Å²) in [6.45, 7) is 1.79. The van der Waals surface area contributed by atoms with Crippen molar-refractivity contribution >= 4 is 29.9 Å². The minimum absolute atomic E-state index is 0. The molecule has 1 aliphatic rings. The van der Waals surface area contributed by atoms with Crippen LogP contribution in [0.4, 0.5) is 4.39 Å². The van der Waals surface area contributed by atoms with Gasteiger partial charge in [0.25, 0.3) is 5.91 Å². The van der Waals surface area contributed by atoms with Gasteiger partial charge in [0.2, 0.25) is 0 Å². The van der Waals surface area contributed by atoms with Crippen LogP contribution in [-0.2, 0) is 0 Å². The molecule has 0 spiro atoms. The third kappa shape index (κ3) is 2.94. The minimum Gasteiger partial charge on any atom is -0.338 e. The van der Waals surface area contributed by atoms with Crippen molar-refractivity contribution in [1.29, 1.82) is 0 Å². The maximum absolute atomic E-state index is 13.7. The van der Waals surface area contributed by atoms with Gasteiger partial charge in [-0.1, -0.05) is 17.7 Å². The van der Waals surface area contributed by atoms with Gasteiger partial charge >= 0.3 is 0 Å². The van der Waals surface area contributed by atoms with E-state index >= 15 is 0 Å². The molecule has 0 radical (unpaired) electrons. The van der Waals surface area contributed by atoms with Crippen molar-refractivity contribution in [3.63, 3.8) is 0 Å². The Kier molecular flexibility index (Phi) is 5.38. The number of rotatable bonds is 2. The number of benzene rings is 1. The molecule has 0 aliphatic carbocycles. The van der Waals surface area contributed by atoms with Gasteiger partial charge in [0.1, 0.15) is 0 Å². The Bertz CT molecular complexity index is 442. The second-order valence-electron chi connectivity index (χ2n) is 4.24. The van der Waals surface area contributed by atoms with Crippen molar-refractivity contribution in [2.75, 3.05) is 19.6 Å². The minimum atomic E-state index is -0.643. The average Bonchev–Trinajstić information content (AvgIpc) is 2.80. The van der Waals surface area contributed by atoms with E-state index in [2.05, 4.69) is 0 Å². The summed E-state index contributed by atoms with van der Waals surface area (Å²) in [6, 6.07) is 4.47. The van der Waals surface area contributed by atoms with Crippen LogP contribution in [0.1, 0.15) is 16.8 Å². The first kappa shape index (κ1) is 15.2. The molecule has 1 saturated heterocycles. The van der Waals surface area contributed by atoms with Gasteiger partial charge in [0.15, 0.2) is 5.82 Å². The zero-order valence-corrected chi connectivity index (χ0v) is 11.3. The molecular weight excluding hydrogens is 278 g/mol. The Morgan fingerprint density at radius 3 is 2.89 bits per heavy atom. The molecule has 2 N–H and O–H groups in total. The lowest BCUT2D eigenvalue weighted by molar-refractivity contribution is 0.0783. The van der Waals surface area contributed by atoms with E-state index in [4.69, 9.17) is 17.3 Å². The van der Waals surface area contributed by atoms with Crippen LogP contribution >= 0.6 is 24.0 Å². The van der Waals surface area contributed by atoms with Gasteiger partial charge in [-0.25, -0.2) is 4.39 Å². The molecule has 2 rings (SSSR count). The number of nitrogens with zero attached hydrogens (tertiary/aromatic N) is 1. The number of carbonyl (C=O) groups is 1. The monoisotopic (exact) mass is 292 g/mol. The second-order valence-corrected chi connectivity index (χ2v) is 4.65. The predicted octanol–water partition coefficient (Wildman–Crippen LogP) is 2.32. The Morgan fingerprint density at radius 1 is 1.56 bits per heavy atom. The molecule has 0 aromatic heterocycles. The van der Waals surface area contributed by atoms with Gasteiger partial charge in [-0.3, -0.25) is 4.79 Å². The highest BCUT2D eigenvalue weighted by molar-refractivity contribution is 6.31. The molecule has 1 amide bonds. The molecule has 0 bridgehead atoms. The molecule has 1 atom stereocenters. The van der Waals surface area contributed by atoms with Gasteiger partial charge in [-0.15, -0.1) is 12.4 Å². The SMILES string of the molecule is Cl.NCC1CCN(C(=O)c2cccc(Cl)c2F)C1. The highest BCUT2D eigenvalue weighted by Gasteiger charge is 2.27. The first-order chi connectivity index (χ1) is 8.13.